The van der Waals surface area contributed by atoms with Crippen molar-refractivity contribution >= 4 is 16.7 Å². The summed E-state index contributed by atoms with van der Waals surface area (Å²) in [5.41, 5.74) is 0.506. The Hall–Kier alpha value is -2.82. The Labute approximate surface area is 112 Å². The van der Waals surface area contributed by atoms with Gasteiger partial charge in [-0.3, -0.25) is 14.2 Å². The zero-order valence-electron chi connectivity index (χ0n) is 10.1. The van der Waals surface area contributed by atoms with Crippen LogP contribution >= 0.6 is 0 Å². The average Bonchev–Trinajstić information content (AvgIpc) is 2.73. The topological polar surface area (TPSA) is 52.0 Å². The monoisotopic (exact) mass is 266 g/mol. The van der Waals surface area contributed by atoms with Gasteiger partial charge >= 0.3 is 0 Å². The second kappa shape index (κ2) is 3.60. The summed E-state index contributed by atoms with van der Waals surface area (Å²) in [4.78, 5) is 28.9. The Morgan fingerprint density at radius 2 is 1.80 bits per heavy atom. The number of aromatic nitrogens is 2. The van der Waals surface area contributed by atoms with Gasteiger partial charge in [-0.05, 0) is 24.3 Å². The molecule has 3 aromatic rings. The van der Waals surface area contributed by atoms with Crippen LogP contribution in [0.1, 0.15) is 16.2 Å². The lowest BCUT2D eigenvalue weighted by Gasteiger charge is -2.05. The first kappa shape index (κ1) is 11.0. The number of ketones is 1. The summed E-state index contributed by atoms with van der Waals surface area (Å²) in [5.74, 6) is -0.912. The van der Waals surface area contributed by atoms with Gasteiger partial charge in [-0.15, -0.1) is 0 Å². The number of rotatable bonds is 0. The number of benzene rings is 2. The lowest BCUT2D eigenvalue weighted by Crippen LogP contribution is -2.22. The minimum absolute atomic E-state index is 0.0364. The molecule has 20 heavy (non-hydrogen) atoms. The fourth-order valence-corrected chi connectivity index (χ4v) is 2.55. The van der Waals surface area contributed by atoms with Gasteiger partial charge in [0.15, 0.2) is 5.82 Å². The molecule has 1 aromatic heterocycles. The third kappa shape index (κ3) is 1.21. The molecule has 0 amide bonds. The third-order valence-electron chi connectivity index (χ3n) is 3.44. The van der Waals surface area contributed by atoms with Crippen molar-refractivity contribution in [1.82, 2.24) is 9.55 Å². The van der Waals surface area contributed by atoms with Gasteiger partial charge in [0, 0.05) is 0 Å². The number of hydrogen-bond acceptors (Lipinski definition) is 3. The van der Waals surface area contributed by atoms with Gasteiger partial charge in [-0.1, -0.05) is 18.2 Å². The first-order valence-electron chi connectivity index (χ1n) is 6.04. The molecule has 0 unspecified atom stereocenters. The molecule has 0 radical (unpaired) electrons. The molecule has 2 aromatic carbocycles. The Kier molecular flexibility index (Phi) is 1.99. The number of halogens is 1. The number of para-hydroxylation sites is 1. The summed E-state index contributed by atoms with van der Waals surface area (Å²) in [5, 5.41) is -0.0965. The van der Waals surface area contributed by atoms with Crippen molar-refractivity contribution in [1.29, 1.82) is 0 Å². The van der Waals surface area contributed by atoms with Crippen molar-refractivity contribution in [2.24, 2.45) is 0 Å². The molecular weight excluding hydrogens is 259 g/mol. The van der Waals surface area contributed by atoms with Gasteiger partial charge in [0.05, 0.1) is 16.8 Å². The second-order valence-corrected chi connectivity index (χ2v) is 4.56. The highest BCUT2D eigenvalue weighted by Gasteiger charge is 2.30. The van der Waals surface area contributed by atoms with Crippen LogP contribution in [0.2, 0.25) is 0 Å². The molecule has 2 heterocycles. The van der Waals surface area contributed by atoms with Crippen LogP contribution in [0.25, 0.3) is 16.6 Å². The lowest BCUT2D eigenvalue weighted by atomic mass is 10.1. The summed E-state index contributed by atoms with van der Waals surface area (Å²) in [7, 11) is 0. The molecule has 5 heteroatoms. The lowest BCUT2D eigenvalue weighted by molar-refractivity contribution is 0.103. The highest BCUT2D eigenvalue weighted by atomic mass is 19.1. The van der Waals surface area contributed by atoms with Gasteiger partial charge in [-0.2, -0.15) is 0 Å². The molecule has 0 fully saturated rings. The molecule has 4 nitrogen and oxygen atoms in total. The van der Waals surface area contributed by atoms with E-state index in [9.17, 15) is 14.0 Å². The first-order valence-corrected chi connectivity index (χ1v) is 6.04. The van der Waals surface area contributed by atoms with E-state index in [0.29, 0.717) is 11.3 Å². The number of fused-ring (bicyclic) bond motifs is 4. The van der Waals surface area contributed by atoms with Crippen LogP contribution in [-0.2, 0) is 0 Å². The molecule has 0 saturated carbocycles. The molecule has 0 aliphatic carbocycles. The first-order chi connectivity index (χ1) is 9.68. The Morgan fingerprint density at radius 3 is 2.65 bits per heavy atom. The van der Waals surface area contributed by atoms with Crippen molar-refractivity contribution in [3.8, 4) is 5.69 Å². The van der Waals surface area contributed by atoms with Crippen LogP contribution in [0, 0.1) is 5.82 Å². The smallest absolute Gasteiger partial charge is 0.269 e. The number of carbonyl (C=O) groups excluding carboxylic acids is 1. The highest BCUT2D eigenvalue weighted by molar-refractivity contribution is 6.13. The van der Waals surface area contributed by atoms with E-state index in [2.05, 4.69) is 4.98 Å². The Balaban J connectivity index is 2.25. The predicted molar refractivity (Wildman–Crippen MR) is 70.7 cm³/mol. The molecule has 96 valence electrons. The maximum atomic E-state index is 13.9. The van der Waals surface area contributed by atoms with Crippen LogP contribution in [0.5, 0.6) is 0 Å². The fraction of sp³-hybridized carbons (Fsp3) is 0. The Morgan fingerprint density at radius 1 is 1.00 bits per heavy atom. The SMILES string of the molecule is O=C1c2ccccc2-n2c1nc1cccc(F)c1c2=O. The van der Waals surface area contributed by atoms with Crippen molar-refractivity contribution in [3.05, 3.63) is 70.0 Å². The number of carbonyl (C=O) groups is 1. The van der Waals surface area contributed by atoms with Gasteiger partial charge in [0.25, 0.3) is 5.56 Å². The molecule has 0 N–H and O–H groups in total. The standard InChI is InChI=1S/C15H7FN2O2/c16-9-5-3-6-10-12(9)15(20)18-11-7-2-1-4-8(11)13(19)14(18)17-10/h1-7H. The van der Waals surface area contributed by atoms with E-state index in [0.717, 1.165) is 0 Å². The van der Waals surface area contributed by atoms with Crippen LogP contribution in [-0.4, -0.2) is 15.3 Å². The van der Waals surface area contributed by atoms with E-state index < -0.39 is 11.4 Å². The van der Waals surface area contributed by atoms with Gasteiger partial charge < -0.3 is 0 Å². The predicted octanol–water partition coefficient (Wildman–Crippen LogP) is 2.07. The largest absolute Gasteiger partial charge is 0.285 e. The van der Waals surface area contributed by atoms with E-state index in [1.165, 1.54) is 22.8 Å². The molecule has 1 aliphatic rings. The molecule has 0 saturated heterocycles. The van der Waals surface area contributed by atoms with Crippen LogP contribution in [0.15, 0.2) is 47.3 Å². The van der Waals surface area contributed by atoms with Gasteiger partial charge in [0.1, 0.15) is 11.2 Å². The maximum Gasteiger partial charge on any atom is 0.269 e. The number of nitrogens with zero attached hydrogens (tertiary/aromatic N) is 2. The summed E-state index contributed by atoms with van der Waals surface area (Å²) < 4.78 is 15.0. The van der Waals surface area contributed by atoms with Crippen molar-refractivity contribution in [2.75, 3.05) is 0 Å². The van der Waals surface area contributed by atoms with E-state index in [-0.39, 0.29) is 22.5 Å². The van der Waals surface area contributed by atoms with Crippen molar-refractivity contribution in [2.45, 2.75) is 0 Å². The average molecular weight is 266 g/mol. The molecule has 0 atom stereocenters. The molecule has 4 rings (SSSR count). The van der Waals surface area contributed by atoms with E-state index in [1.54, 1.807) is 24.3 Å². The highest BCUT2D eigenvalue weighted by Crippen LogP contribution is 2.26. The Bertz CT molecular complexity index is 960. The van der Waals surface area contributed by atoms with E-state index >= 15 is 0 Å². The minimum Gasteiger partial charge on any atom is -0.285 e. The molecular formula is C15H7FN2O2. The summed E-state index contributed by atoms with van der Waals surface area (Å²) >= 11 is 0. The molecule has 0 spiro atoms. The van der Waals surface area contributed by atoms with Gasteiger partial charge in [0.2, 0.25) is 5.78 Å². The van der Waals surface area contributed by atoms with Crippen molar-refractivity contribution < 1.29 is 9.18 Å². The molecule has 1 aliphatic heterocycles. The van der Waals surface area contributed by atoms with Crippen LogP contribution in [0.4, 0.5) is 4.39 Å². The maximum absolute atomic E-state index is 13.9. The quantitative estimate of drug-likeness (QED) is 0.489. The minimum atomic E-state index is -0.632. The van der Waals surface area contributed by atoms with E-state index in [1.807, 2.05) is 0 Å². The van der Waals surface area contributed by atoms with Crippen LogP contribution in [0.3, 0.4) is 0 Å². The second-order valence-electron chi connectivity index (χ2n) is 4.56. The van der Waals surface area contributed by atoms with Gasteiger partial charge in [-0.25, -0.2) is 9.37 Å². The van der Waals surface area contributed by atoms with Crippen molar-refractivity contribution in [3.63, 3.8) is 0 Å². The summed E-state index contributed by atoms with van der Waals surface area (Å²) in [6.07, 6.45) is 0. The summed E-state index contributed by atoms with van der Waals surface area (Å²) in [6.45, 7) is 0. The zero-order chi connectivity index (χ0) is 13.9. The number of hydrogen-bond donors (Lipinski definition) is 0. The van der Waals surface area contributed by atoms with Crippen LogP contribution < -0.4 is 5.56 Å². The summed E-state index contributed by atoms with van der Waals surface area (Å²) in [6, 6.07) is 10.9. The fourth-order valence-electron chi connectivity index (χ4n) is 2.55. The normalized spacial score (nSPS) is 12.6. The van der Waals surface area contributed by atoms with E-state index in [4.69, 9.17) is 0 Å². The zero-order valence-corrected chi connectivity index (χ0v) is 10.1. The third-order valence-corrected chi connectivity index (χ3v) is 3.44. The molecule has 0 bridgehead atoms.